The van der Waals surface area contributed by atoms with Gasteiger partial charge < -0.3 is 9.47 Å². The van der Waals surface area contributed by atoms with Gasteiger partial charge in [-0.3, -0.25) is 14.4 Å². The minimum atomic E-state index is -0.964. The molecule has 0 aromatic heterocycles. The van der Waals surface area contributed by atoms with E-state index in [9.17, 15) is 14.4 Å². The smallest absolute Gasteiger partial charge is 0.309 e. The van der Waals surface area contributed by atoms with Crippen LogP contribution in [0.2, 0.25) is 0 Å². The highest BCUT2D eigenvalue weighted by Gasteiger charge is 2.55. The van der Waals surface area contributed by atoms with Gasteiger partial charge in [0.15, 0.2) is 5.78 Å². The summed E-state index contributed by atoms with van der Waals surface area (Å²) >= 11 is 0. The van der Waals surface area contributed by atoms with Crippen LogP contribution in [0.1, 0.15) is 65.7 Å². The summed E-state index contributed by atoms with van der Waals surface area (Å²) < 4.78 is 11.2. The van der Waals surface area contributed by atoms with Gasteiger partial charge >= 0.3 is 11.9 Å². The molecule has 152 valence electrons. The Hall–Kier alpha value is -2.17. The van der Waals surface area contributed by atoms with Gasteiger partial charge in [0.1, 0.15) is 12.2 Å². The summed E-state index contributed by atoms with van der Waals surface area (Å²) in [7, 11) is 0. The van der Waals surface area contributed by atoms with Gasteiger partial charge in [0, 0.05) is 6.42 Å². The SMILES string of the molecule is CC(C)=CCCC(C)=C[C@H]1OC(=O)CC12C[C@H](OC(=O)C1CCC1)C=CC2=O. The molecule has 0 N–H and O–H groups in total. The topological polar surface area (TPSA) is 69.7 Å². The van der Waals surface area contributed by atoms with Gasteiger partial charge in [-0.05, 0) is 64.7 Å². The molecule has 0 bridgehead atoms. The number of carbonyl (C=O) groups is 3. The van der Waals surface area contributed by atoms with Gasteiger partial charge in [0.05, 0.1) is 17.8 Å². The van der Waals surface area contributed by atoms with Crippen molar-refractivity contribution in [2.24, 2.45) is 11.3 Å². The Morgan fingerprint density at radius 2 is 2.04 bits per heavy atom. The molecule has 28 heavy (non-hydrogen) atoms. The molecular weight excluding hydrogens is 356 g/mol. The first-order chi connectivity index (χ1) is 13.3. The molecule has 0 aromatic carbocycles. The van der Waals surface area contributed by atoms with E-state index >= 15 is 0 Å². The Kier molecular flexibility index (Phi) is 6.21. The molecule has 2 aliphatic carbocycles. The van der Waals surface area contributed by atoms with Crippen LogP contribution in [0.25, 0.3) is 0 Å². The Balaban J connectivity index is 1.73. The first-order valence-corrected chi connectivity index (χ1v) is 10.2. The van der Waals surface area contributed by atoms with Gasteiger partial charge in [-0.1, -0.05) is 23.6 Å². The van der Waals surface area contributed by atoms with Crippen molar-refractivity contribution in [2.45, 2.75) is 77.9 Å². The predicted octanol–water partition coefficient (Wildman–Crippen LogP) is 4.22. The number of rotatable bonds is 6. The molecule has 2 fully saturated rings. The van der Waals surface area contributed by atoms with E-state index in [2.05, 4.69) is 19.9 Å². The second-order valence-electron chi connectivity index (χ2n) is 8.61. The number of esters is 2. The van der Waals surface area contributed by atoms with Crippen molar-refractivity contribution >= 4 is 17.7 Å². The van der Waals surface area contributed by atoms with E-state index in [-0.39, 0.29) is 30.1 Å². The first-order valence-electron chi connectivity index (χ1n) is 10.2. The Bertz CT molecular complexity index is 736. The lowest BCUT2D eigenvalue weighted by atomic mass is 9.69. The maximum atomic E-state index is 12.8. The summed E-state index contributed by atoms with van der Waals surface area (Å²) in [6.07, 6.45) is 11.0. The van der Waals surface area contributed by atoms with Crippen molar-refractivity contribution in [3.63, 3.8) is 0 Å². The van der Waals surface area contributed by atoms with E-state index < -0.39 is 17.6 Å². The normalized spacial score (nSPS) is 30.2. The third-order valence-corrected chi connectivity index (χ3v) is 6.01. The van der Waals surface area contributed by atoms with E-state index in [0.717, 1.165) is 37.7 Å². The lowest BCUT2D eigenvalue weighted by Gasteiger charge is -2.35. The third-order valence-electron chi connectivity index (χ3n) is 6.01. The fourth-order valence-electron chi connectivity index (χ4n) is 4.05. The summed E-state index contributed by atoms with van der Waals surface area (Å²) in [6.45, 7) is 6.12. The number of hydrogen-bond donors (Lipinski definition) is 0. The number of allylic oxidation sites excluding steroid dienone is 4. The van der Waals surface area contributed by atoms with Crippen LogP contribution in [-0.2, 0) is 23.9 Å². The maximum absolute atomic E-state index is 12.8. The van der Waals surface area contributed by atoms with E-state index in [0.29, 0.717) is 6.42 Å². The lowest BCUT2D eigenvalue weighted by Crippen LogP contribution is -2.44. The second kappa shape index (κ2) is 8.46. The number of hydrogen-bond acceptors (Lipinski definition) is 5. The average molecular weight is 386 g/mol. The van der Waals surface area contributed by atoms with Crippen LogP contribution < -0.4 is 0 Å². The predicted molar refractivity (Wildman–Crippen MR) is 105 cm³/mol. The minimum absolute atomic E-state index is 0.0172. The highest BCUT2D eigenvalue weighted by molar-refractivity contribution is 6.00. The molecule has 1 spiro atoms. The van der Waals surface area contributed by atoms with Gasteiger partial charge in [0.2, 0.25) is 0 Å². The van der Waals surface area contributed by atoms with Crippen molar-refractivity contribution in [1.29, 1.82) is 0 Å². The Morgan fingerprint density at radius 3 is 2.68 bits per heavy atom. The molecule has 1 aliphatic heterocycles. The largest absolute Gasteiger partial charge is 0.458 e. The fourth-order valence-corrected chi connectivity index (χ4v) is 4.05. The zero-order valence-electron chi connectivity index (χ0n) is 17.0. The standard InChI is InChI=1S/C23H30O5/c1-15(2)6-4-7-16(3)12-20-23(14-21(25)28-20)13-18(10-11-19(23)24)27-22(26)17-8-5-9-17/h6,10-12,17-18,20H,4-5,7-9,13-14H2,1-3H3/t18-,20-,23?/m1/s1. The number of ketones is 1. The van der Waals surface area contributed by atoms with E-state index in [4.69, 9.17) is 9.47 Å². The van der Waals surface area contributed by atoms with Gasteiger partial charge in [-0.2, -0.15) is 0 Å². The van der Waals surface area contributed by atoms with Crippen molar-refractivity contribution in [3.8, 4) is 0 Å². The van der Waals surface area contributed by atoms with Crippen LogP contribution in [0.3, 0.4) is 0 Å². The van der Waals surface area contributed by atoms with Crippen LogP contribution in [0.4, 0.5) is 0 Å². The summed E-state index contributed by atoms with van der Waals surface area (Å²) in [4.78, 5) is 37.1. The van der Waals surface area contributed by atoms with E-state index in [1.165, 1.54) is 11.6 Å². The minimum Gasteiger partial charge on any atom is -0.458 e. The van der Waals surface area contributed by atoms with Gasteiger partial charge in [0.25, 0.3) is 0 Å². The first kappa shape index (κ1) is 20.6. The second-order valence-corrected chi connectivity index (χ2v) is 8.61. The highest BCUT2D eigenvalue weighted by Crippen LogP contribution is 2.45. The molecule has 1 saturated carbocycles. The molecular formula is C23H30O5. The summed E-state index contributed by atoms with van der Waals surface area (Å²) in [5, 5.41) is 0. The van der Waals surface area contributed by atoms with Crippen LogP contribution >= 0.6 is 0 Å². The molecule has 1 unspecified atom stereocenters. The van der Waals surface area contributed by atoms with Crippen molar-refractivity contribution in [3.05, 3.63) is 35.5 Å². The van der Waals surface area contributed by atoms with E-state index in [1.54, 1.807) is 6.08 Å². The highest BCUT2D eigenvalue weighted by atomic mass is 16.6. The van der Waals surface area contributed by atoms with Crippen molar-refractivity contribution < 1.29 is 23.9 Å². The summed E-state index contributed by atoms with van der Waals surface area (Å²) in [5.41, 5.74) is 1.39. The molecule has 1 saturated heterocycles. The monoisotopic (exact) mass is 386 g/mol. The van der Waals surface area contributed by atoms with Crippen LogP contribution in [0.15, 0.2) is 35.5 Å². The van der Waals surface area contributed by atoms with E-state index in [1.807, 2.05) is 13.0 Å². The molecule has 3 rings (SSSR count). The number of carbonyl (C=O) groups excluding carboxylic acids is 3. The molecule has 1 heterocycles. The quantitative estimate of drug-likeness (QED) is 0.505. The van der Waals surface area contributed by atoms with Crippen molar-refractivity contribution in [2.75, 3.05) is 0 Å². The number of ether oxygens (including phenoxy) is 2. The van der Waals surface area contributed by atoms with Crippen LogP contribution in [-0.4, -0.2) is 29.9 Å². The fraction of sp³-hybridized carbons (Fsp3) is 0.609. The molecule has 3 atom stereocenters. The zero-order valence-corrected chi connectivity index (χ0v) is 17.0. The van der Waals surface area contributed by atoms with Crippen LogP contribution in [0.5, 0.6) is 0 Å². The van der Waals surface area contributed by atoms with Crippen LogP contribution in [0, 0.1) is 11.3 Å². The third kappa shape index (κ3) is 4.45. The zero-order chi connectivity index (χ0) is 20.3. The Labute approximate surface area is 166 Å². The van der Waals surface area contributed by atoms with Crippen molar-refractivity contribution in [1.82, 2.24) is 0 Å². The van der Waals surface area contributed by atoms with Gasteiger partial charge in [-0.15, -0.1) is 0 Å². The molecule has 5 heteroatoms. The Morgan fingerprint density at radius 1 is 1.29 bits per heavy atom. The molecule has 0 radical (unpaired) electrons. The summed E-state index contributed by atoms with van der Waals surface area (Å²) in [5.74, 6) is -0.698. The lowest BCUT2D eigenvalue weighted by molar-refractivity contribution is -0.158. The average Bonchev–Trinajstić information content (AvgIpc) is 2.85. The molecule has 5 nitrogen and oxygen atoms in total. The van der Waals surface area contributed by atoms with Gasteiger partial charge in [-0.25, -0.2) is 0 Å². The molecule has 0 aromatic rings. The molecule has 3 aliphatic rings. The molecule has 0 amide bonds. The number of cyclic esters (lactones) is 1. The maximum Gasteiger partial charge on any atom is 0.309 e. The summed E-state index contributed by atoms with van der Waals surface area (Å²) in [6, 6.07) is 0.